The number of rotatable bonds is 2. The van der Waals surface area contributed by atoms with Crippen molar-refractivity contribution in [2.45, 2.75) is 6.04 Å². The fraction of sp³-hybridized carbons (Fsp3) is 0.286. The van der Waals surface area contributed by atoms with E-state index in [9.17, 15) is 0 Å². The molecular formula is C7H9ClN2O. The van der Waals surface area contributed by atoms with Crippen LogP contribution in [-0.4, -0.2) is 16.7 Å². The van der Waals surface area contributed by atoms with Crippen LogP contribution in [0.25, 0.3) is 0 Å². The van der Waals surface area contributed by atoms with Gasteiger partial charge in [0.15, 0.2) is 0 Å². The van der Waals surface area contributed by atoms with Gasteiger partial charge in [0, 0.05) is 6.20 Å². The summed E-state index contributed by atoms with van der Waals surface area (Å²) in [4.78, 5) is 3.78. The number of aliphatic hydroxyl groups is 1. The first-order valence-corrected chi connectivity index (χ1v) is 3.59. The van der Waals surface area contributed by atoms with Gasteiger partial charge < -0.3 is 10.8 Å². The van der Waals surface area contributed by atoms with E-state index in [1.165, 1.54) is 0 Å². The van der Waals surface area contributed by atoms with Crippen LogP contribution in [0.15, 0.2) is 18.3 Å². The number of aromatic nitrogens is 1. The molecule has 0 aromatic carbocycles. The van der Waals surface area contributed by atoms with E-state index in [1.807, 2.05) is 0 Å². The summed E-state index contributed by atoms with van der Waals surface area (Å²) in [6, 6.07) is 3.00. The molecule has 0 aliphatic rings. The van der Waals surface area contributed by atoms with E-state index >= 15 is 0 Å². The summed E-state index contributed by atoms with van der Waals surface area (Å²) in [5.41, 5.74) is 6.33. The summed E-state index contributed by atoms with van der Waals surface area (Å²) in [7, 11) is 0. The summed E-state index contributed by atoms with van der Waals surface area (Å²) in [6.07, 6.45) is 1.56. The van der Waals surface area contributed by atoms with E-state index in [0.29, 0.717) is 5.15 Å². The standard InChI is InChI=1S/C7H9ClN2O/c8-7-3-5(1-2-10-7)6(9)4-11/h1-3,6,11H,4,9H2/t6-/m0/s1. The molecule has 1 aromatic heterocycles. The third-order valence-electron chi connectivity index (χ3n) is 1.38. The van der Waals surface area contributed by atoms with Crippen LogP contribution in [0.5, 0.6) is 0 Å². The molecule has 0 amide bonds. The number of aliphatic hydroxyl groups excluding tert-OH is 1. The second kappa shape index (κ2) is 3.67. The quantitative estimate of drug-likeness (QED) is 0.647. The Kier molecular flexibility index (Phi) is 2.82. The molecule has 3 N–H and O–H groups in total. The Morgan fingerprint density at radius 1 is 1.73 bits per heavy atom. The average molecular weight is 173 g/mol. The van der Waals surface area contributed by atoms with Crippen molar-refractivity contribution in [3.8, 4) is 0 Å². The average Bonchev–Trinajstić information content (AvgIpc) is 2.03. The summed E-state index contributed by atoms with van der Waals surface area (Å²) < 4.78 is 0. The molecule has 0 radical (unpaired) electrons. The summed E-state index contributed by atoms with van der Waals surface area (Å²) >= 11 is 5.60. The van der Waals surface area contributed by atoms with Gasteiger partial charge in [0.05, 0.1) is 12.6 Å². The molecule has 0 aliphatic carbocycles. The molecule has 0 bridgehead atoms. The zero-order valence-corrected chi connectivity index (χ0v) is 6.62. The fourth-order valence-electron chi connectivity index (χ4n) is 0.753. The third kappa shape index (κ3) is 2.15. The molecular weight excluding hydrogens is 164 g/mol. The molecule has 0 aliphatic heterocycles. The van der Waals surface area contributed by atoms with Crippen LogP contribution in [0.4, 0.5) is 0 Å². The Morgan fingerprint density at radius 2 is 2.45 bits per heavy atom. The SMILES string of the molecule is N[C@@H](CO)c1ccnc(Cl)c1. The van der Waals surface area contributed by atoms with Gasteiger partial charge in [0.1, 0.15) is 5.15 Å². The maximum atomic E-state index is 8.69. The first-order valence-electron chi connectivity index (χ1n) is 3.22. The van der Waals surface area contributed by atoms with E-state index in [4.69, 9.17) is 22.4 Å². The van der Waals surface area contributed by atoms with Gasteiger partial charge >= 0.3 is 0 Å². The highest BCUT2D eigenvalue weighted by Gasteiger charge is 2.03. The first-order chi connectivity index (χ1) is 5.24. The van der Waals surface area contributed by atoms with Crippen molar-refractivity contribution in [3.05, 3.63) is 29.0 Å². The summed E-state index contributed by atoms with van der Waals surface area (Å²) in [6.45, 7) is -0.0830. The van der Waals surface area contributed by atoms with Gasteiger partial charge in [-0.05, 0) is 17.7 Å². The lowest BCUT2D eigenvalue weighted by atomic mass is 10.1. The lowest BCUT2D eigenvalue weighted by Crippen LogP contribution is -2.14. The minimum Gasteiger partial charge on any atom is -0.394 e. The van der Waals surface area contributed by atoms with Gasteiger partial charge in [0.2, 0.25) is 0 Å². The molecule has 0 saturated heterocycles. The van der Waals surface area contributed by atoms with Crippen LogP contribution in [0.1, 0.15) is 11.6 Å². The Morgan fingerprint density at radius 3 is 3.00 bits per heavy atom. The topological polar surface area (TPSA) is 59.1 Å². The Bertz CT molecular complexity index is 242. The number of hydrogen-bond donors (Lipinski definition) is 2. The van der Waals surface area contributed by atoms with Crippen molar-refractivity contribution in [1.82, 2.24) is 4.98 Å². The van der Waals surface area contributed by atoms with E-state index in [-0.39, 0.29) is 12.6 Å². The predicted octanol–water partition coefficient (Wildman–Crippen LogP) is 0.727. The van der Waals surface area contributed by atoms with Gasteiger partial charge in [0.25, 0.3) is 0 Å². The second-order valence-electron chi connectivity index (χ2n) is 2.20. The summed E-state index contributed by atoms with van der Waals surface area (Å²) in [5, 5.41) is 9.09. The zero-order valence-electron chi connectivity index (χ0n) is 5.87. The van der Waals surface area contributed by atoms with Crippen LogP contribution >= 0.6 is 11.6 Å². The van der Waals surface area contributed by atoms with Crippen molar-refractivity contribution >= 4 is 11.6 Å². The fourth-order valence-corrected chi connectivity index (χ4v) is 0.936. The number of halogens is 1. The van der Waals surface area contributed by atoms with Gasteiger partial charge in [-0.15, -0.1) is 0 Å². The van der Waals surface area contributed by atoms with Crippen LogP contribution in [-0.2, 0) is 0 Å². The van der Waals surface area contributed by atoms with Gasteiger partial charge in [-0.25, -0.2) is 4.98 Å². The minimum absolute atomic E-state index is 0.0830. The minimum atomic E-state index is -0.365. The van der Waals surface area contributed by atoms with E-state index in [0.717, 1.165) is 5.56 Å². The van der Waals surface area contributed by atoms with Gasteiger partial charge in [-0.3, -0.25) is 0 Å². The van der Waals surface area contributed by atoms with Crippen LogP contribution in [0.3, 0.4) is 0 Å². The summed E-state index contributed by atoms with van der Waals surface area (Å²) in [5.74, 6) is 0. The number of nitrogens with zero attached hydrogens (tertiary/aromatic N) is 1. The van der Waals surface area contributed by atoms with Crippen LogP contribution < -0.4 is 5.73 Å². The molecule has 0 fully saturated rings. The van der Waals surface area contributed by atoms with Crippen molar-refractivity contribution in [2.75, 3.05) is 6.61 Å². The molecule has 11 heavy (non-hydrogen) atoms. The molecule has 4 heteroatoms. The molecule has 3 nitrogen and oxygen atoms in total. The first kappa shape index (κ1) is 8.46. The molecule has 0 spiro atoms. The lowest BCUT2D eigenvalue weighted by Gasteiger charge is -2.06. The number of nitrogens with two attached hydrogens (primary N) is 1. The number of pyridine rings is 1. The van der Waals surface area contributed by atoms with Crippen molar-refractivity contribution < 1.29 is 5.11 Å². The van der Waals surface area contributed by atoms with Crippen molar-refractivity contribution in [2.24, 2.45) is 5.73 Å². The highest BCUT2D eigenvalue weighted by molar-refractivity contribution is 6.29. The molecule has 60 valence electrons. The van der Waals surface area contributed by atoms with Gasteiger partial charge in [-0.1, -0.05) is 11.6 Å². The molecule has 0 unspecified atom stereocenters. The molecule has 1 atom stereocenters. The highest BCUT2D eigenvalue weighted by Crippen LogP contribution is 2.12. The van der Waals surface area contributed by atoms with Crippen LogP contribution in [0, 0.1) is 0 Å². The lowest BCUT2D eigenvalue weighted by molar-refractivity contribution is 0.268. The zero-order chi connectivity index (χ0) is 8.27. The molecule has 1 aromatic rings. The van der Waals surface area contributed by atoms with E-state index < -0.39 is 0 Å². The predicted molar refractivity (Wildman–Crippen MR) is 43.3 cm³/mol. The van der Waals surface area contributed by atoms with E-state index in [2.05, 4.69) is 4.98 Å². The Hall–Kier alpha value is -0.640. The van der Waals surface area contributed by atoms with Crippen LogP contribution in [0.2, 0.25) is 5.15 Å². The Balaban J connectivity index is 2.86. The highest BCUT2D eigenvalue weighted by atomic mass is 35.5. The van der Waals surface area contributed by atoms with Crippen molar-refractivity contribution in [1.29, 1.82) is 0 Å². The smallest absolute Gasteiger partial charge is 0.129 e. The second-order valence-corrected chi connectivity index (χ2v) is 2.59. The third-order valence-corrected chi connectivity index (χ3v) is 1.58. The van der Waals surface area contributed by atoms with Gasteiger partial charge in [-0.2, -0.15) is 0 Å². The molecule has 0 saturated carbocycles. The molecule has 1 rings (SSSR count). The maximum absolute atomic E-state index is 8.69. The maximum Gasteiger partial charge on any atom is 0.129 e. The van der Waals surface area contributed by atoms with E-state index in [1.54, 1.807) is 18.3 Å². The Labute approximate surface area is 69.8 Å². The molecule has 1 heterocycles. The van der Waals surface area contributed by atoms with Crippen molar-refractivity contribution in [3.63, 3.8) is 0 Å². The monoisotopic (exact) mass is 172 g/mol. The normalized spacial score (nSPS) is 13.0. The largest absolute Gasteiger partial charge is 0.394 e. The number of hydrogen-bond acceptors (Lipinski definition) is 3.